The minimum Gasteiger partial charge on any atom is -0.349 e. The average molecular weight is 350 g/mol. The lowest BCUT2D eigenvalue weighted by Gasteiger charge is -2.23. The molecule has 1 fully saturated rings. The third-order valence-electron chi connectivity index (χ3n) is 5.00. The van der Waals surface area contributed by atoms with Crippen LogP contribution in [0.4, 0.5) is 5.69 Å². The quantitative estimate of drug-likeness (QED) is 0.847. The van der Waals surface area contributed by atoms with Crippen LogP contribution in [0.1, 0.15) is 53.6 Å². The van der Waals surface area contributed by atoms with E-state index in [0.29, 0.717) is 17.7 Å². The highest BCUT2D eigenvalue weighted by atomic mass is 16.2. The molecule has 4 nitrogen and oxygen atoms in total. The monoisotopic (exact) mass is 350 g/mol. The standard InChI is InChI=1S/C22H26N2O2/c1-16-9-5-6-10-17(16)15-21(25)24-20-14-8-7-13-19(20)22(26)23-18-11-3-2-4-12-18/h5-10,13-14,18H,2-4,11-12,15H2,1H3,(H,23,26)(H,24,25). The number of para-hydroxylation sites is 1. The van der Waals surface area contributed by atoms with Crippen molar-refractivity contribution >= 4 is 17.5 Å². The van der Waals surface area contributed by atoms with Gasteiger partial charge in [-0.05, 0) is 43.0 Å². The third kappa shape index (κ3) is 4.72. The zero-order chi connectivity index (χ0) is 18.4. The lowest BCUT2D eigenvalue weighted by atomic mass is 9.95. The SMILES string of the molecule is Cc1ccccc1CC(=O)Nc1ccccc1C(=O)NC1CCCCC1. The summed E-state index contributed by atoms with van der Waals surface area (Å²) in [6, 6.07) is 15.3. The van der Waals surface area contributed by atoms with Crippen molar-refractivity contribution in [1.29, 1.82) is 0 Å². The van der Waals surface area contributed by atoms with Crippen molar-refractivity contribution in [3.8, 4) is 0 Å². The number of rotatable bonds is 5. The average Bonchev–Trinajstić information content (AvgIpc) is 2.65. The van der Waals surface area contributed by atoms with Crippen molar-refractivity contribution in [3.63, 3.8) is 0 Å². The van der Waals surface area contributed by atoms with Gasteiger partial charge in [0.25, 0.3) is 5.91 Å². The van der Waals surface area contributed by atoms with E-state index in [9.17, 15) is 9.59 Å². The molecule has 26 heavy (non-hydrogen) atoms. The molecule has 2 aromatic carbocycles. The van der Waals surface area contributed by atoms with Crippen LogP contribution in [-0.4, -0.2) is 17.9 Å². The van der Waals surface area contributed by atoms with Gasteiger partial charge < -0.3 is 10.6 Å². The third-order valence-corrected chi connectivity index (χ3v) is 5.00. The van der Waals surface area contributed by atoms with E-state index in [1.54, 1.807) is 12.1 Å². The summed E-state index contributed by atoms with van der Waals surface area (Å²) < 4.78 is 0. The number of hydrogen-bond acceptors (Lipinski definition) is 2. The molecule has 2 N–H and O–H groups in total. The summed E-state index contributed by atoms with van der Waals surface area (Å²) in [6.45, 7) is 1.99. The first kappa shape index (κ1) is 18.2. The predicted molar refractivity (Wildman–Crippen MR) is 104 cm³/mol. The highest BCUT2D eigenvalue weighted by molar-refractivity contribution is 6.04. The number of benzene rings is 2. The van der Waals surface area contributed by atoms with Crippen molar-refractivity contribution < 1.29 is 9.59 Å². The summed E-state index contributed by atoms with van der Waals surface area (Å²) in [5, 5.41) is 6.02. The molecular formula is C22H26N2O2. The largest absolute Gasteiger partial charge is 0.349 e. The van der Waals surface area contributed by atoms with Crippen LogP contribution >= 0.6 is 0 Å². The second-order valence-electron chi connectivity index (χ2n) is 7.01. The lowest BCUT2D eigenvalue weighted by molar-refractivity contribution is -0.115. The predicted octanol–water partition coefficient (Wildman–Crippen LogP) is 4.24. The van der Waals surface area contributed by atoms with Crippen LogP contribution in [0.15, 0.2) is 48.5 Å². The zero-order valence-corrected chi connectivity index (χ0v) is 15.3. The molecule has 1 saturated carbocycles. The van der Waals surface area contributed by atoms with Gasteiger partial charge in [0, 0.05) is 6.04 Å². The molecule has 0 saturated heterocycles. The first-order valence-corrected chi connectivity index (χ1v) is 9.38. The fourth-order valence-electron chi connectivity index (χ4n) is 3.48. The molecule has 1 aliphatic rings. The van der Waals surface area contributed by atoms with E-state index in [0.717, 1.165) is 24.0 Å². The van der Waals surface area contributed by atoms with Gasteiger partial charge in [-0.2, -0.15) is 0 Å². The molecule has 0 aliphatic heterocycles. The van der Waals surface area contributed by atoms with Crippen molar-refractivity contribution in [2.45, 2.75) is 51.5 Å². The molecular weight excluding hydrogens is 324 g/mol. The molecule has 136 valence electrons. The summed E-state index contributed by atoms with van der Waals surface area (Å²) in [7, 11) is 0. The lowest BCUT2D eigenvalue weighted by Crippen LogP contribution is -2.36. The molecule has 1 aliphatic carbocycles. The summed E-state index contributed by atoms with van der Waals surface area (Å²) in [6.07, 6.45) is 5.95. The number of carbonyl (C=O) groups is 2. The smallest absolute Gasteiger partial charge is 0.253 e. The minimum absolute atomic E-state index is 0.108. The molecule has 0 unspecified atom stereocenters. The van der Waals surface area contributed by atoms with Gasteiger partial charge >= 0.3 is 0 Å². The van der Waals surface area contributed by atoms with Gasteiger partial charge in [0.05, 0.1) is 17.7 Å². The van der Waals surface area contributed by atoms with E-state index in [1.165, 1.54) is 19.3 Å². The van der Waals surface area contributed by atoms with Gasteiger partial charge in [0.1, 0.15) is 0 Å². The van der Waals surface area contributed by atoms with Gasteiger partial charge in [-0.1, -0.05) is 55.7 Å². The number of nitrogens with one attached hydrogen (secondary N) is 2. The van der Waals surface area contributed by atoms with Crippen LogP contribution in [0, 0.1) is 6.92 Å². The number of anilines is 1. The van der Waals surface area contributed by atoms with Crippen LogP contribution in [-0.2, 0) is 11.2 Å². The summed E-state index contributed by atoms with van der Waals surface area (Å²) in [4.78, 5) is 25.1. The molecule has 4 heteroatoms. The van der Waals surface area contributed by atoms with Gasteiger partial charge in [0.15, 0.2) is 0 Å². The first-order valence-electron chi connectivity index (χ1n) is 9.38. The summed E-state index contributed by atoms with van der Waals surface area (Å²) >= 11 is 0. The Balaban J connectivity index is 1.67. The van der Waals surface area contributed by atoms with Crippen LogP contribution in [0.2, 0.25) is 0 Å². The van der Waals surface area contributed by atoms with Gasteiger partial charge in [-0.25, -0.2) is 0 Å². The number of hydrogen-bond donors (Lipinski definition) is 2. The topological polar surface area (TPSA) is 58.2 Å². The maximum absolute atomic E-state index is 12.7. The fraction of sp³-hybridized carbons (Fsp3) is 0.364. The fourth-order valence-corrected chi connectivity index (χ4v) is 3.48. The molecule has 0 radical (unpaired) electrons. The molecule has 0 atom stereocenters. The van der Waals surface area contributed by atoms with Gasteiger partial charge in [-0.3, -0.25) is 9.59 Å². The normalized spacial score (nSPS) is 14.7. The van der Waals surface area contributed by atoms with Crippen LogP contribution in [0.5, 0.6) is 0 Å². The molecule has 0 heterocycles. The van der Waals surface area contributed by atoms with Gasteiger partial charge in [-0.15, -0.1) is 0 Å². The maximum Gasteiger partial charge on any atom is 0.253 e. The Hall–Kier alpha value is -2.62. The van der Waals surface area contributed by atoms with E-state index in [1.807, 2.05) is 43.3 Å². The van der Waals surface area contributed by atoms with E-state index < -0.39 is 0 Å². The van der Waals surface area contributed by atoms with E-state index in [-0.39, 0.29) is 17.9 Å². The number of carbonyl (C=O) groups excluding carboxylic acids is 2. The Bertz CT molecular complexity index is 779. The highest BCUT2D eigenvalue weighted by Crippen LogP contribution is 2.20. The minimum atomic E-state index is -0.114. The summed E-state index contributed by atoms with van der Waals surface area (Å²) in [5.41, 5.74) is 3.18. The van der Waals surface area contributed by atoms with Crippen molar-refractivity contribution in [2.24, 2.45) is 0 Å². The molecule has 0 spiro atoms. The number of aryl methyl sites for hydroxylation is 1. The zero-order valence-electron chi connectivity index (χ0n) is 15.3. The number of amides is 2. The molecule has 0 aromatic heterocycles. The Kier molecular flexibility index (Phi) is 6.05. The van der Waals surface area contributed by atoms with E-state index >= 15 is 0 Å². The van der Waals surface area contributed by atoms with Crippen LogP contribution in [0.3, 0.4) is 0 Å². The maximum atomic E-state index is 12.7. The Morgan fingerprint density at radius 1 is 0.962 bits per heavy atom. The second-order valence-corrected chi connectivity index (χ2v) is 7.01. The Morgan fingerprint density at radius 2 is 1.65 bits per heavy atom. The van der Waals surface area contributed by atoms with Crippen LogP contribution < -0.4 is 10.6 Å². The highest BCUT2D eigenvalue weighted by Gasteiger charge is 2.19. The van der Waals surface area contributed by atoms with Crippen molar-refractivity contribution in [2.75, 3.05) is 5.32 Å². The molecule has 3 rings (SSSR count). The van der Waals surface area contributed by atoms with Crippen LogP contribution in [0.25, 0.3) is 0 Å². The van der Waals surface area contributed by atoms with E-state index in [2.05, 4.69) is 10.6 Å². The Labute approximate surface area is 155 Å². The molecule has 2 amide bonds. The second kappa shape index (κ2) is 8.65. The van der Waals surface area contributed by atoms with E-state index in [4.69, 9.17) is 0 Å². The molecule has 2 aromatic rings. The summed E-state index contributed by atoms with van der Waals surface area (Å²) in [5.74, 6) is -0.221. The van der Waals surface area contributed by atoms with Gasteiger partial charge in [0.2, 0.25) is 5.91 Å². The Morgan fingerprint density at radius 3 is 2.42 bits per heavy atom. The molecule has 0 bridgehead atoms. The van der Waals surface area contributed by atoms with Crippen molar-refractivity contribution in [1.82, 2.24) is 5.32 Å². The van der Waals surface area contributed by atoms with Crippen molar-refractivity contribution in [3.05, 3.63) is 65.2 Å². The first-order chi connectivity index (χ1) is 12.6.